The van der Waals surface area contributed by atoms with E-state index in [2.05, 4.69) is 15.4 Å². The number of nitrogens with two attached hydrogens (primary N) is 1. The Balaban J connectivity index is 1.84. The first kappa shape index (κ1) is 21.9. The van der Waals surface area contributed by atoms with Crippen LogP contribution < -0.4 is 15.8 Å². The monoisotopic (exact) mass is 442 g/mol. The molecule has 0 aromatic carbocycles. The second-order valence-corrected chi connectivity index (χ2v) is 7.46. The van der Waals surface area contributed by atoms with Gasteiger partial charge in [-0.2, -0.15) is 5.10 Å². The van der Waals surface area contributed by atoms with Gasteiger partial charge in [0.15, 0.2) is 5.82 Å². The molecule has 1 atom stereocenters. The molecule has 32 heavy (non-hydrogen) atoms. The summed E-state index contributed by atoms with van der Waals surface area (Å²) >= 11 is 0. The van der Waals surface area contributed by atoms with Crippen molar-refractivity contribution < 1.29 is 23.7 Å². The first-order chi connectivity index (χ1) is 15.5. The van der Waals surface area contributed by atoms with Crippen molar-refractivity contribution in [2.24, 2.45) is 5.73 Å². The average molecular weight is 442 g/mol. The van der Waals surface area contributed by atoms with E-state index in [1.807, 2.05) is 13.0 Å². The molecule has 4 rings (SSSR count). The van der Waals surface area contributed by atoms with Crippen LogP contribution in [0, 0.1) is 6.92 Å². The van der Waals surface area contributed by atoms with Gasteiger partial charge in [0.25, 0.3) is 0 Å². The Labute approximate surface area is 184 Å². The number of hydrogen-bond donors (Lipinski definition) is 2. The molecule has 3 aromatic heterocycles. The zero-order chi connectivity index (χ0) is 22.7. The third kappa shape index (κ3) is 4.22. The first-order valence-corrected chi connectivity index (χ1v) is 10.1. The maximum atomic E-state index is 11.3. The summed E-state index contributed by atoms with van der Waals surface area (Å²) in [5.41, 5.74) is 6.73. The summed E-state index contributed by atoms with van der Waals surface area (Å²) in [6.07, 6.45) is 2.31. The Bertz CT molecular complexity index is 1130. The van der Waals surface area contributed by atoms with Crippen molar-refractivity contribution in [3.8, 4) is 11.6 Å². The molecule has 1 fully saturated rings. The van der Waals surface area contributed by atoms with E-state index in [4.69, 9.17) is 29.7 Å². The van der Waals surface area contributed by atoms with Crippen molar-refractivity contribution in [2.75, 3.05) is 46.0 Å². The summed E-state index contributed by atoms with van der Waals surface area (Å²) in [6, 6.07) is 4.66. The van der Waals surface area contributed by atoms with Crippen molar-refractivity contribution in [3.05, 3.63) is 35.8 Å². The summed E-state index contributed by atoms with van der Waals surface area (Å²) < 4.78 is 24.1. The molecular formula is C21H26N6O5. The number of methoxy groups -OCH3 is 2. The SMILES string of the molecule is COCCOc1cc(-n2nc(C)c3cnc(NC(N)=O)cc32)nc([C@@]2(OC)CCOC2)c1. The van der Waals surface area contributed by atoms with E-state index in [0.29, 0.717) is 61.4 Å². The number of aromatic nitrogens is 4. The van der Waals surface area contributed by atoms with Gasteiger partial charge in [0.05, 0.1) is 30.1 Å². The number of anilines is 1. The second-order valence-electron chi connectivity index (χ2n) is 7.46. The number of hydrogen-bond acceptors (Lipinski definition) is 8. The molecule has 1 aliphatic rings. The molecule has 0 aliphatic carbocycles. The highest BCUT2D eigenvalue weighted by atomic mass is 16.6. The van der Waals surface area contributed by atoms with E-state index in [9.17, 15) is 4.79 Å². The molecule has 3 aromatic rings. The van der Waals surface area contributed by atoms with Crippen LogP contribution in [0.5, 0.6) is 5.75 Å². The zero-order valence-electron chi connectivity index (χ0n) is 18.3. The predicted molar refractivity (Wildman–Crippen MR) is 116 cm³/mol. The van der Waals surface area contributed by atoms with Crippen LogP contribution >= 0.6 is 0 Å². The Morgan fingerprint density at radius 3 is 2.84 bits per heavy atom. The highest BCUT2D eigenvalue weighted by Gasteiger charge is 2.39. The molecule has 0 saturated carbocycles. The number of fused-ring (bicyclic) bond motifs is 1. The molecule has 3 N–H and O–H groups in total. The number of ether oxygens (including phenoxy) is 4. The fourth-order valence-electron chi connectivity index (χ4n) is 3.70. The van der Waals surface area contributed by atoms with Crippen LogP contribution in [0.4, 0.5) is 10.6 Å². The smallest absolute Gasteiger partial charge is 0.317 e. The number of aryl methyl sites for hydroxylation is 1. The molecule has 1 aliphatic heterocycles. The Kier molecular flexibility index (Phi) is 6.21. The Hall–Kier alpha value is -3.28. The first-order valence-electron chi connectivity index (χ1n) is 10.1. The lowest BCUT2D eigenvalue weighted by molar-refractivity contribution is -0.0248. The standard InChI is InChI=1S/C21H26N6O5/c1-13-15-11-23-18(25-20(22)28)10-16(15)27(26-13)19-9-14(32-7-6-29-2)8-17(24-19)21(30-3)4-5-31-12-21/h8-11H,4-7,12H2,1-3H3,(H3,22,23,25,28)/t21-/m1/s1. The van der Waals surface area contributed by atoms with Crippen molar-refractivity contribution in [1.82, 2.24) is 19.7 Å². The van der Waals surface area contributed by atoms with E-state index in [0.717, 1.165) is 11.1 Å². The minimum absolute atomic E-state index is 0.316. The third-order valence-corrected chi connectivity index (χ3v) is 5.40. The lowest BCUT2D eigenvalue weighted by Crippen LogP contribution is -2.30. The molecule has 2 amide bonds. The molecule has 1 saturated heterocycles. The molecular weight excluding hydrogens is 416 g/mol. The van der Waals surface area contributed by atoms with Crippen LogP contribution in [-0.2, 0) is 19.8 Å². The van der Waals surface area contributed by atoms with Gasteiger partial charge in [0.2, 0.25) is 0 Å². The zero-order valence-corrected chi connectivity index (χ0v) is 18.3. The van der Waals surface area contributed by atoms with Crippen LogP contribution in [-0.4, -0.2) is 66.4 Å². The summed E-state index contributed by atoms with van der Waals surface area (Å²) in [7, 11) is 3.27. The quantitative estimate of drug-likeness (QED) is 0.505. The van der Waals surface area contributed by atoms with Gasteiger partial charge < -0.3 is 24.7 Å². The number of nitrogens with one attached hydrogen (secondary N) is 1. The van der Waals surface area contributed by atoms with Gasteiger partial charge in [-0.05, 0) is 6.92 Å². The van der Waals surface area contributed by atoms with Gasteiger partial charge in [0.1, 0.15) is 23.8 Å². The van der Waals surface area contributed by atoms with Crippen molar-refractivity contribution >= 4 is 22.8 Å². The Morgan fingerprint density at radius 1 is 1.31 bits per heavy atom. The molecule has 11 heteroatoms. The van der Waals surface area contributed by atoms with E-state index < -0.39 is 11.6 Å². The van der Waals surface area contributed by atoms with Gasteiger partial charge in [-0.3, -0.25) is 5.32 Å². The minimum Gasteiger partial charge on any atom is -0.491 e. The maximum absolute atomic E-state index is 11.3. The van der Waals surface area contributed by atoms with Crippen molar-refractivity contribution in [1.29, 1.82) is 0 Å². The van der Waals surface area contributed by atoms with Gasteiger partial charge in [-0.15, -0.1) is 0 Å². The lowest BCUT2D eigenvalue weighted by Gasteiger charge is -2.26. The highest BCUT2D eigenvalue weighted by molar-refractivity contribution is 5.90. The molecule has 11 nitrogen and oxygen atoms in total. The van der Waals surface area contributed by atoms with Gasteiger partial charge >= 0.3 is 6.03 Å². The van der Waals surface area contributed by atoms with E-state index >= 15 is 0 Å². The number of pyridine rings is 2. The number of primary amides is 1. The van der Waals surface area contributed by atoms with Gasteiger partial charge in [-0.1, -0.05) is 0 Å². The predicted octanol–water partition coefficient (Wildman–Crippen LogP) is 1.90. The van der Waals surface area contributed by atoms with E-state index in [-0.39, 0.29) is 0 Å². The lowest BCUT2D eigenvalue weighted by atomic mass is 9.97. The third-order valence-electron chi connectivity index (χ3n) is 5.40. The summed E-state index contributed by atoms with van der Waals surface area (Å²) in [6.45, 7) is 3.68. The molecule has 0 bridgehead atoms. The van der Waals surface area contributed by atoms with Crippen LogP contribution in [0.2, 0.25) is 0 Å². The fraction of sp³-hybridized carbons (Fsp3) is 0.429. The normalized spacial score (nSPS) is 18.2. The highest BCUT2D eigenvalue weighted by Crippen LogP contribution is 2.35. The molecule has 0 radical (unpaired) electrons. The second kappa shape index (κ2) is 9.07. The molecule has 170 valence electrons. The fourth-order valence-corrected chi connectivity index (χ4v) is 3.70. The van der Waals surface area contributed by atoms with E-state index in [1.165, 1.54) is 0 Å². The average Bonchev–Trinajstić information content (AvgIpc) is 3.39. The number of amides is 2. The van der Waals surface area contributed by atoms with Gasteiger partial charge in [-0.25, -0.2) is 19.4 Å². The Morgan fingerprint density at radius 2 is 2.16 bits per heavy atom. The molecule has 4 heterocycles. The number of urea groups is 1. The number of carbonyl (C=O) groups is 1. The number of nitrogens with zero attached hydrogens (tertiary/aromatic N) is 4. The number of carbonyl (C=O) groups excluding carboxylic acids is 1. The summed E-state index contributed by atoms with van der Waals surface area (Å²) in [4.78, 5) is 20.4. The van der Waals surface area contributed by atoms with Crippen LogP contribution in [0.1, 0.15) is 17.8 Å². The summed E-state index contributed by atoms with van der Waals surface area (Å²) in [5.74, 6) is 1.46. The molecule has 0 unspecified atom stereocenters. The topological polar surface area (TPSA) is 136 Å². The molecule has 0 spiro atoms. The van der Waals surface area contributed by atoms with Crippen molar-refractivity contribution in [3.63, 3.8) is 0 Å². The summed E-state index contributed by atoms with van der Waals surface area (Å²) in [5, 5.41) is 7.96. The minimum atomic E-state index is -0.697. The maximum Gasteiger partial charge on any atom is 0.317 e. The van der Waals surface area contributed by atoms with Crippen molar-refractivity contribution in [2.45, 2.75) is 18.9 Å². The largest absolute Gasteiger partial charge is 0.491 e. The van der Waals surface area contributed by atoms with Crippen LogP contribution in [0.15, 0.2) is 24.4 Å². The van der Waals surface area contributed by atoms with Crippen LogP contribution in [0.25, 0.3) is 16.7 Å². The van der Waals surface area contributed by atoms with Crippen LogP contribution in [0.3, 0.4) is 0 Å². The number of rotatable bonds is 8. The van der Waals surface area contributed by atoms with Gasteiger partial charge in [0, 0.05) is 57.0 Å². The van der Waals surface area contributed by atoms with E-state index in [1.54, 1.807) is 37.2 Å².